The fraction of sp³-hybridized carbons (Fsp3) is 0.381. The second kappa shape index (κ2) is 6.99. The van der Waals surface area contributed by atoms with Gasteiger partial charge in [-0.15, -0.1) is 0 Å². The summed E-state index contributed by atoms with van der Waals surface area (Å²) in [6.07, 6.45) is 5.95. The summed E-state index contributed by atoms with van der Waals surface area (Å²) in [6.45, 7) is 4.39. The third-order valence-electron chi connectivity index (χ3n) is 4.61. The number of hydrogen-bond acceptors (Lipinski definition) is 2. The van der Waals surface area contributed by atoms with Crippen LogP contribution in [0.1, 0.15) is 61.4 Å². The number of hydrogen-bond donors (Lipinski definition) is 0. The normalized spacial score (nSPS) is 15.1. The van der Waals surface area contributed by atoms with E-state index in [0.717, 1.165) is 30.4 Å². The maximum Gasteiger partial charge on any atom is 0.150 e. The lowest BCUT2D eigenvalue weighted by Crippen LogP contribution is -2.11. The summed E-state index contributed by atoms with van der Waals surface area (Å²) in [6, 6.07) is 14.2. The molecule has 0 saturated heterocycles. The van der Waals surface area contributed by atoms with Crippen LogP contribution in [0.5, 0.6) is 5.75 Å². The van der Waals surface area contributed by atoms with Gasteiger partial charge in [-0.25, -0.2) is 0 Å². The van der Waals surface area contributed by atoms with E-state index in [2.05, 4.69) is 32.0 Å². The first-order valence-corrected chi connectivity index (χ1v) is 8.54. The van der Waals surface area contributed by atoms with Crippen molar-refractivity contribution in [3.8, 4) is 16.9 Å². The Morgan fingerprint density at radius 3 is 2.48 bits per heavy atom. The zero-order valence-corrected chi connectivity index (χ0v) is 13.9. The second-order valence-electron chi connectivity index (χ2n) is 6.64. The van der Waals surface area contributed by atoms with Crippen LogP contribution in [0, 0.1) is 0 Å². The molecule has 3 rings (SSSR count). The highest BCUT2D eigenvalue weighted by Crippen LogP contribution is 2.37. The van der Waals surface area contributed by atoms with Crippen molar-refractivity contribution in [2.24, 2.45) is 0 Å². The molecular formula is C21H24O2. The first kappa shape index (κ1) is 15.8. The van der Waals surface area contributed by atoms with E-state index in [1.165, 1.54) is 24.0 Å². The molecule has 2 aromatic carbocycles. The minimum atomic E-state index is 0.307. The molecule has 120 valence electrons. The summed E-state index contributed by atoms with van der Waals surface area (Å²) in [5.41, 5.74) is 4.18. The Balaban J connectivity index is 2.06. The average Bonchev–Trinajstić information content (AvgIpc) is 3.08. The molecule has 0 aliphatic heterocycles. The summed E-state index contributed by atoms with van der Waals surface area (Å²) in [4.78, 5) is 11.2. The number of rotatable bonds is 5. The van der Waals surface area contributed by atoms with Crippen LogP contribution in [-0.4, -0.2) is 12.4 Å². The van der Waals surface area contributed by atoms with Gasteiger partial charge in [0.2, 0.25) is 0 Å². The highest BCUT2D eigenvalue weighted by atomic mass is 16.5. The zero-order chi connectivity index (χ0) is 16.2. The van der Waals surface area contributed by atoms with Gasteiger partial charge >= 0.3 is 0 Å². The van der Waals surface area contributed by atoms with Crippen LogP contribution in [0.25, 0.3) is 11.1 Å². The van der Waals surface area contributed by atoms with E-state index in [1.54, 1.807) is 0 Å². The molecule has 0 heterocycles. The van der Waals surface area contributed by atoms with Gasteiger partial charge in [0, 0.05) is 11.1 Å². The molecule has 0 radical (unpaired) electrons. The highest BCUT2D eigenvalue weighted by molar-refractivity contribution is 5.82. The van der Waals surface area contributed by atoms with Gasteiger partial charge in [-0.1, -0.05) is 38.1 Å². The third-order valence-corrected chi connectivity index (χ3v) is 4.61. The van der Waals surface area contributed by atoms with Gasteiger partial charge in [-0.2, -0.15) is 0 Å². The van der Waals surface area contributed by atoms with E-state index in [0.29, 0.717) is 17.6 Å². The largest absolute Gasteiger partial charge is 0.490 e. The number of ether oxygens (including phenoxy) is 1. The van der Waals surface area contributed by atoms with Crippen LogP contribution < -0.4 is 4.74 Å². The molecule has 2 heteroatoms. The van der Waals surface area contributed by atoms with Gasteiger partial charge in [0.1, 0.15) is 12.0 Å². The Morgan fingerprint density at radius 1 is 1.04 bits per heavy atom. The fourth-order valence-corrected chi connectivity index (χ4v) is 3.37. The monoisotopic (exact) mass is 308 g/mol. The summed E-state index contributed by atoms with van der Waals surface area (Å²) in [5, 5.41) is 0. The quantitative estimate of drug-likeness (QED) is 0.671. The SMILES string of the molecule is CC(C)c1ccccc1-c1cc(C=O)ccc1OC1CCCC1. The average molecular weight is 308 g/mol. The zero-order valence-electron chi connectivity index (χ0n) is 13.9. The summed E-state index contributed by atoms with van der Waals surface area (Å²) in [5.74, 6) is 1.32. The smallest absolute Gasteiger partial charge is 0.150 e. The lowest BCUT2D eigenvalue weighted by Gasteiger charge is -2.20. The Labute approximate surface area is 138 Å². The Bertz CT molecular complexity index is 682. The van der Waals surface area contributed by atoms with Gasteiger partial charge < -0.3 is 4.74 Å². The van der Waals surface area contributed by atoms with E-state index in [4.69, 9.17) is 4.74 Å². The minimum absolute atomic E-state index is 0.307. The molecule has 0 amide bonds. The summed E-state index contributed by atoms with van der Waals surface area (Å²) in [7, 11) is 0. The van der Waals surface area contributed by atoms with Gasteiger partial charge in [-0.3, -0.25) is 4.79 Å². The Kier molecular flexibility index (Phi) is 4.80. The molecule has 1 fully saturated rings. The molecule has 1 saturated carbocycles. The van der Waals surface area contributed by atoms with Crippen LogP contribution in [0.4, 0.5) is 0 Å². The van der Waals surface area contributed by atoms with Crippen LogP contribution >= 0.6 is 0 Å². The predicted molar refractivity (Wildman–Crippen MR) is 94.2 cm³/mol. The minimum Gasteiger partial charge on any atom is -0.490 e. The maximum absolute atomic E-state index is 11.2. The van der Waals surface area contributed by atoms with Crippen molar-refractivity contribution in [2.75, 3.05) is 0 Å². The third kappa shape index (κ3) is 3.47. The predicted octanol–water partition coefficient (Wildman–Crippen LogP) is 5.61. The van der Waals surface area contributed by atoms with Gasteiger partial charge in [-0.05, 0) is 60.9 Å². The standard InChI is InChI=1S/C21H24O2/c1-15(2)18-9-5-6-10-19(18)20-13-16(14-22)11-12-21(20)23-17-7-3-4-8-17/h5-6,9-15,17H,3-4,7-8H2,1-2H3. The van der Waals surface area contributed by atoms with E-state index in [1.807, 2.05) is 24.3 Å². The molecule has 0 atom stereocenters. The fourth-order valence-electron chi connectivity index (χ4n) is 3.37. The summed E-state index contributed by atoms with van der Waals surface area (Å²) >= 11 is 0. The van der Waals surface area contributed by atoms with Crippen LogP contribution in [0.15, 0.2) is 42.5 Å². The van der Waals surface area contributed by atoms with Gasteiger partial charge in [0.25, 0.3) is 0 Å². The first-order chi connectivity index (χ1) is 11.2. The molecule has 2 nitrogen and oxygen atoms in total. The van der Waals surface area contributed by atoms with E-state index < -0.39 is 0 Å². The van der Waals surface area contributed by atoms with Crippen molar-refractivity contribution in [3.63, 3.8) is 0 Å². The molecule has 23 heavy (non-hydrogen) atoms. The molecule has 0 unspecified atom stereocenters. The highest BCUT2D eigenvalue weighted by Gasteiger charge is 2.20. The van der Waals surface area contributed by atoms with Crippen molar-refractivity contribution >= 4 is 6.29 Å². The van der Waals surface area contributed by atoms with Crippen molar-refractivity contribution in [1.29, 1.82) is 0 Å². The molecule has 0 N–H and O–H groups in total. The molecule has 2 aromatic rings. The number of benzene rings is 2. The first-order valence-electron chi connectivity index (χ1n) is 8.54. The van der Waals surface area contributed by atoms with Crippen LogP contribution in [-0.2, 0) is 0 Å². The lowest BCUT2D eigenvalue weighted by atomic mass is 9.91. The lowest BCUT2D eigenvalue weighted by molar-refractivity contribution is 0.112. The van der Waals surface area contributed by atoms with E-state index in [-0.39, 0.29) is 0 Å². The van der Waals surface area contributed by atoms with Gasteiger partial charge in [0.15, 0.2) is 0 Å². The number of carbonyl (C=O) groups is 1. The molecule has 1 aliphatic carbocycles. The molecular weight excluding hydrogens is 284 g/mol. The van der Waals surface area contributed by atoms with Crippen LogP contribution in [0.3, 0.4) is 0 Å². The van der Waals surface area contributed by atoms with E-state index >= 15 is 0 Å². The Hall–Kier alpha value is -2.09. The van der Waals surface area contributed by atoms with Crippen molar-refractivity contribution in [1.82, 2.24) is 0 Å². The van der Waals surface area contributed by atoms with Crippen molar-refractivity contribution < 1.29 is 9.53 Å². The topological polar surface area (TPSA) is 26.3 Å². The van der Waals surface area contributed by atoms with E-state index in [9.17, 15) is 4.79 Å². The molecule has 1 aliphatic rings. The molecule has 0 aromatic heterocycles. The molecule has 0 spiro atoms. The summed E-state index contributed by atoms with van der Waals surface area (Å²) < 4.78 is 6.28. The van der Waals surface area contributed by atoms with Crippen molar-refractivity contribution in [3.05, 3.63) is 53.6 Å². The van der Waals surface area contributed by atoms with Crippen molar-refractivity contribution in [2.45, 2.75) is 51.6 Å². The number of aldehydes is 1. The van der Waals surface area contributed by atoms with Gasteiger partial charge in [0.05, 0.1) is 6.10 Å². The molecule has 0 bridgehead atoms. The second-order valence-corrected chi connectivity index (χ2v) is 6.64. The van der Waals surface area contributed by atoms with Crippen LogP contribution in [0.2, 0.25) is 0 Å². The number of carbonyl (C=O) groups excluding carboxylic acids is 1. The Morgan fingerprint density at radius 2 is 1.78 bits per heavy atom. The maximum atomic E-state index is 11.2.